The van der Waals surface area contributed by atoms with E-state index in [0.717, 1.165) is 39.2 Å². The number of aryl methyl sites for hydroxylation is 1. The molecule has 0 fully saturated rings. The van der Waals surface area contributed by atoms with Crippen molar-refractivity contribution < 1.29 is 27.5 Å². The fourth-order valence-corrected chi connectivity index (χ4v) is 5.70. The van der Waals surface area contributed by atoms with Gasteiger partial charge in [-0.15, -0.1) is 0 Å². The molecule has 0 radical (unpaired) electrons. The Morgan fingerprint density at radius 3 is 2.51 bits per heavy atom. The molecule has 0 saturated heterocycles. The average molecular weight is 542 g/mol. The topological polar surface area (TPSA) is 55.8 Å². The number of benzene rings is 2. The fourth-order valence-electron chi connectivity index (χ4n) is 5.70. The number of carbonyl (C=O) groups excluding carboxylic acids is 1. The van der Waals surface area contributed by atoms with Crippen molar-refractivity contribution in [1.82, 2.24) is 10.3 Å². The van der Waals surface area contributed by atoms with Crippen LogP contribution in [0.1, 0.15) is 30.9 Å². The molecule has 0 spiro atoms. The minimum Gasteiger partial charge on any atom is -0.382 e. The van der Waals surface area contributed by atoms with Crippen LogP contribution in [0, 0.1) is 24.6 Å². The molecule has 3 aliphatic rings. The smallest absolute Gasteiger partial charge is 0.382 e. The number of aliphatic hydroxyl groups is 1. The normalized spacial score (nSPS) is 21.2. The molecule has 1 aliphatic heterocycles. The van der Waals surface area contributed by atoms with Gasteiger partial charge in [0.25, 0.3) is 0 Å². The highest BCUT2D eigenvalue weighted by Crippen LogP contribution is 2.48. The zero-order chi connectivity index (χ0) is 27.9. The standard InChI is InChI=1S/C30H31F4N3O2/c1-18-3-5-20(6-4-18)13-14-36(17-27(38)30(32,33)34)29(39)24-12-7-21-15-26-25(19(2)28(21)24)16-35-37(26)23-10-8-22(31)9-11-23/h3-6,8-11,15-16,19,24,27,35,38H,7,12-14,17H2,1-2H3/t19-,24-,27+/m0/s1. The van der Waals surface area contributed by atoms with E-state index >= 15 is 0 Å². The number of anilines is 1. The number of allylic oxidation sites excluding steroid dienone is 3. The van der Waals surface area contributed by atoms with E-state index in [1.165, 1.54) is 17.0 Å². The van der Waals surface area contributed by atoms with Crippen LogP contribution < -0.4 is 10.4 Å². The van der Waals surface area contributed by atoms with Crippen molar-refractivity contribution in [3.05, 3.63) is 100 Å². The van der Waals surface area contributed by atoms with E-state index in [1.807, 2.05) is 55.4 Å². The first-order valence-electron chi connectivity index (χ1n) is 13.1. The molecule has 206 valence electrons. The molecule has 2 N–H and O–H groups in total. The number of halogens is 4. The molecule has 0 bridgehead atoms. The van der Waals surface area contributed by atoms with E-state index in [2.05, 4.69) is 5.43 Å². The van der Waals surface area contributed by atoms with Crippen molar-refractivity contribution in [3.8, 4) is 0 Å². The van der Waals surface area contributed by atoms with Crippen LogP contribution in [0.15, 0.2) is 83.2 Å². The summed E-state index contributed by atoms with van der Waals surface area (Å²) in [4.78, 5) is 15.0. The summed E-state index contributed by atoms with van der Waals surface area (Å²) >= 11 is 0. The third-order valence-corrected chi connectivity index (χ3v) is 7.84. The van der Waals surface area contributed by atoms with E-state index in [9.17, 15) is 27.5 Å². The largest absolute Gasteiger partial charge is 0.416 e. The van der Waals surface area contributed by atoms with Gasteiger partial charge in [0.05, 0.1) is 23.8 Å². The van der Waals surface area contributed by atoms with Crippen LogP contribution >= 0.6 is 0 Å². The van der Waals surface area contributed by atoms with Gasteiger partial charge in [-0.2, -0.15) is 13.2 Å². The minimum absolute atomic E-state index is 0.0756. The van der Waals surface area contributed by atoms with Gasteiger partial charge in [-0.1, -0.05) is 36.8 Å². The molecule has 9 heteroatoms. The van der Waals surface area contributed by atoms with Crippen LogP contribution in [-0.2, 0) is 11.2 Å². The number of alkyl halides is 3. The van der Waals surface area contributed by atoms with Gasteiger partial charge >= 0.3 is 6.18 Å². The summed E-state index contributed by atoms with van der Waals surface area (Å²) in [6.07, 6.45) is -2.06. The number of nitrogens with one attached hydrogen (secondary N) is 1. The second-order valence-corrected chi connectivity index (χ2v) is 10.4. The van der Waals surface area contributed by atoms with Crippen molar-refractivity contribution >= 4 is 11.6 Å². The van der Waals surface area contributed by atoms with Gasteiger partial charge < -0.3 is 15.4 Å². The van der Waals surface area contributed by atoms with Gasteiger partial charge in [-0.3, -0.25) is 9.80 Å². The maximum atomic E-state index is 13.8. The molecule has 1 amide bonds. The molecule has 0 saturated carbocycles. The first-order chi connectivity index (χ1) is 18.5. The van der Waals surface area contributed by atoms with Crippen molar-refractivity contribution in [2.45, 2.75) is 45.4 Å². The predicted molar refractivity (Wildman–Crippen MR) is 141 cm³/mol. The molecule has 2 aliphatic carbocycles. The SMILES string of the molecule is Cc1ccc(CCN(C[C@@H](O)C(F)(F)F)C(=O)[C@H]2CCC3=C2[C@@H](C)C2=CNN(c4ccc(F)cc4)C2=C3)cc1. The molecule has 39 heavy (non-hydrogen) atoms. The van der Waals surface area contributed by atoms with Gasteiger partial charge in [0.15, 0.2) is 6.10 Å². The number of hydrogen-bond acceptors (Lipinski definition) is 4. The molecule has 3 atom stereocenters. The van der Waals surface area contributed by atoms with Gasteiger partial charge in [-0.25, -0.2) is 4.39 Å². The van der Waals surface area contributed by atoms with Crippen LogP contribution in [0.2, 0.25) is 0 Å². The Kier molecular flexibility index (Phi) is 7.29. The third kappa shape index (κ3) is 5.45. The maximum Gasteiger partial charge on any atom is 0.416 e. The number of hydrogen-bond donors (Lipinski definition) is 2. The van der Waals surface area contributed by atoms with E-state index in [4.69, 9.17) is 0 Å². The Balaban J connectivity index is 1.40. The Morgan fingerprint density at radius 2 is 1.85 bits per heavy atom. The first kappa shape index (κ1) is 27.0. The molecular weight excluding hydrogens is 510 g/mol. The van der Waals surface area contributed by atoms with Crippen molar-refractivity contribution in [2.75, 3.05) is 18.1 Å². The highest BCUT2D eigenvalue weighted by Gasteiger charge is 2.44. The van der Waals surface area contributed by atoms with E-state index in [-0.39, 0.29) is 24.2 Å². The van der Waals surface area contributed by atoms with E-state index < -0.39 is 24.7 Å². The molecular formula is C30H31F4N3O2. The van der Waals surface area contributed by atoms with Crippen molar-refractivity contribution in [3.63, 3.8) is 0 Å². The number of hydrazine groups is 1. The molecule has 1 heterocycles. The number of aliphatic hydroxyl groups excluding tert-OH is 1. The second-order valence-electron chi connectivity index (χ2n) is 10.4. The quantitative estimate of drug-likeness (QED) is 0.450. The van der Waals surface area contributed by atoms with Crippen molar-refractivity contribution in [2.24, 2.45) is 11.8 Å². The van der Waals surface area contributed by atoms with E-state index in [1.54, 1.807) is 12.1 Å². The summed E-state index contributed by atoms with van der Waals surface area (Å²) in [7, 11) is 0. The number of fused-ring (bicyclic) bond motifs is 1. The molecule has 2 aromatic rings. The van der Waals surface area contributed by atoms with Gasteiger partial charge in [-0.05, 0) is 73.2 Å². The summed E-state index contributed by atoms with van der Waals surface area (Å²) in [6.45, 7) is 3.22. The summed E-state index contributed by atoms with van der Waals surface area (Å²) in [5.41, 5.74) is 9.73. The highest BCUT2D eigenvalue weighted by atomic mass is 19.4. The van der Waals surface area contributed by atoms with Crippen LogP contribution in [0.3, 0.4) is 0 Å². The first-order valence-corrected chi connectivity index (χ1v) is 13.1. The number of nitrogens with zero attached hydrogens (tertiary/aromatic N) is 2. The number of amides is 1. The highest BCUT2D eigenvalue weighted by molar-refractivity contribution is 5.84. The van der Waals surface area contributed by atoms with E-state index in [0.29, 0.717) is 19.3 Å². The lowest BCUT2D eigenvalue weighted by atomic mass is 9.80. The van der Waals surface area contributed by atoms with Crippen molar-refractivity contribution in [1.29, 1.82) is 0 Å². The summed E-state index contributed by atoms with van der Waals surface area (Å²) in [5.74, 6) is -1.42. The van der Waals surface area contributed by atoms with Gasteiger partial charge in [0, 0.05) is 24.2 Å². The lowest BCUT2D eigenvalue weighted by Crippen LogP contribution is -2.47. The fraction of sp³-hybridized carbons (Fsp3) is 0.367. The zero-order valence-electron chi connectivity index (χ0n) is 21.8. The van der Waals surface area contributed by atoms with Crippen LogP contribution in [0.4, 0.5) is 23.2 Å². The molecule has 0 unspecified atom stereocenters. The number of rotatable bonds is 7. The monoisotopic (exact) mass is 541 g/mol. The predicted octanol–water partition coefficient (Wildman–Crippen LogP) is 5.58. The Morgan fingerprint density at radius 1 is 1.15 bits per heavy atom. The van der Waals surface area contributed by atoms with Gasteiger partial charge in [0.2, 0.25) is 5.91 Å². The molecule has 2 aromatic carbocycles. The Labute approximate surface area is 225 Å². The van der Waals surface area contributed by atoms with Crippen LogP contribution in [-0.4, -0.2) is 41.3 Å². The van der Waals surface area contributed by atoms with Crippen LogP contribution in [0.25, 0.3) is 0 Å². The average Bonchev–Trinajstić information content (AvgIpc) is 3.52. The Hall–Kier alpha value is -3.59. The number of carbonyl (C=O) groups is 1. The molecule has 5 nitrogen and oxygen atoms in total. The Bertz CT molecular complexity index is 1330. The third-order valence-electron chi connectivity index (χ3n) is 7.84. The lowest BCUT2D eigenvalue weighted by molar-refractivity contribution is -0.208. The summed E-state index contributed by atoms with van der Waals surface area (Å²) in [5, 5.41) is 11.7. The summed E-state index contributed by atoms with van der Waals surface area (Å²) in [6, 6.07) is 13.8. The van der Waals surface area contributed by atoms with Gasteiger partial charge in [0.1, 0.15) is 5.82 Å². The molecule has 0 aromatic heterocycles. The lowest BCUT2D eigenvalue weighted by Gasteiger charge is -2.33. The molecule has 5 rings (SSSR count). The zero-order valence-corrected chi connectivity index (χ0v) is 21.8. The minimum atomic E-state index is -4.82. The van der Waals surface area contributed by atoms with Crippen LogP contribution in [0.5, 0.6) is 0 Å². The maximum absolute atomic E-state index is 13.8. The summed E-state index contributed by atoms with van der Waals surface area (Å²) < 4.78 is 53.3. The second kappa shape index (κ2) is 10.5.